The Bertz CT molecular complexity index is 640. The summed E-state index contributed by atoms with van der Waals surface area (Å²) in [5, 5.41) is 6.26. The van der Waals surface area contributed by atoms with Crippen LogP contribution in [0, 0.1) is 0 Å². The van der Waals surface area contributed by atoms with E-state index in [4.69, 9.17) is 0 Å². The SMILES string of the molecule is CCCCCNC(=O)c1ccnc(Nc2ccccc2CC)c1. The molecule has 0 atom stereocenters. The summed E-state index contributed by atoms with van der Waals surface area (Å²) in [4.78, 5) is 16.5. The number of carbonyl (C=O) groups excluding carboxylic acids is 1. The van der Waals surface area contributed by atoms with Crippen LogP contribution in [-0.4, -0.2) is 17.4 Å². The molecule has 0 aliphatic heterocycles. The Hall–Kier alpha value is -2.36. The fourth-order valence-corrected chi connectivity index (χ4v) is 2.41. The zero-order chi connectivity index (χ0) is 16.5. The van der Waals surface area contributed by atoms with Crippen molar-refractivity contribution < 1.29 is 4.79 Å². The van der Waals surface area contributed by atoms with Gasteiger partial charge in [0.15, 0.2) is 0 Å². The fourth-order valence-electron chi connectivity index (χ4n) is 2.41. The smallest absolute Gasteiger partial charge is 0.251 e. The molecular weight excluding hydrogens is 286 g/mol. The van der Waals surface area contributed by atoms with E-state index in [9.17, 15) is 4.79 Å². The monoisotopic (exact) mass is 311 g/mol. The van der Waals surface area contributed by atoms with Crippen molar-refractivity contribution in [3.8, 4) is 0 Å². The predicted octanol–water partition coefficient (Wildman–Crippen LogP) is 4.31. The van der Waals surface area contributed by atoms with Crippen LogP contribution >= 0.6 is 0 Å². The molecule has 0 fully saturated rings. The number of pyridine rings is 1. The van der Waals surface area contributed by atoms with Crippen LogP contribution in [0.2, 0.25) is 0 Å². The fraction of sp³-hybridized carbons (Fsp3) is 0.368. The molecule has 122 valence electrons. The Balaban J connectivity index is 2.03. The summed E-state index contributed by atoms with van der Waals surface area (Å²) in [6.45, 7) is 4.99. The van der Waals surface area contributed by atoms with E-state index in [2.05, 4.69) is 35.5 Å². The maximum atomic E-state index is 12.2. The number of carbonyl (C=O) groups is 1. The third-order valence-corrected chi connectivity index (χ3v) is 3.75. The number of hydrogen-bond donors (Lipinski definition) is 2. The van der Waals surface area contributed by atoms with Crippen LogP contribution < -0.4 is 10.6 Å². The van der Waals surface area contributed by atoms with Crippen molar-refractivity contribution in [1.82, 2.24) is 10.3 Å². The van der Waals surface area contributed by atoms with Crippen molar-refractivity contribution in [2.45, 2.75) is 39.5 Å². The van der Waals surface area contributed by atoms with E-state index < -0.39 is 0 Å². The molecule has 2 aromatic rings. The highest BCUT2D eigenvalue weighted by Gasteiger charge is 2.07. The second-order valence-corrected chi connectivity index (χ2v) is 5.53. The van der Waals surface area contributed by atoms with Gasteiger partial charge in [-0.15, -0.1) is 0 Å². The molecule has 0 aliphatic carbocycles. The van der Waals surface area contributed by atoms with Crippen molar-refractivity contribution >= 4 is 17.4 Å². The van der Waals surface area contributed by atoms with Gasteiger partial charge in [0.2, 0.25) is 0 Å². The van der Waals surface area contributed by atoms with Gasteiger partial charge in [0.1, 0.15) is 5.82 Å². The normalized spacial score (nSPS) is 10.3. The molecule has 0 saturated carbocycles. The quantitative estimate of drug-likeness (QED) is 0.714. The molecule has 23 heavy (non-hydrogen) atoms. The first kappa shape index (κ1) is 17.0. The third kappa shape index (κ3) is 5.09. The second kappa shape index (κ2) is 8.93. The maximum absolute atomic E-state index is 12.2. The van der Waals surface area contributed by atoms with Crippen LogP contribution in [0.25, 0.3) is 0 Å². The highest BCUT2D eigenvalue weighted by Crippen LogP contribution is 2.20. The number of unbranched alkanes of at least 4 members (excludes halogenated alkanes) is 2. The third-order valence-electron chi connectivity index (χ3n) is 3.75. The zero-order valence-corrected chi connectivity index (χ0v) is 13.9. The molecule has 1 heterocycles. The average molecular weight is 311 g/mol. The Kier molecular flexibility index (Phi) is 6.60. The standard InChI is InChI=1S/C19H25N3O/c1-3-5-8-12-21-19(23)16-11-13-20-18(14-16)22-17-10-7-6-9-15(17)4-2/h6-7,9-11,13-14H,3-5,8,12H2,1-2H3,(H,20,22)(H,21,23). The molecule has 1 aromatic carbocycles. The van der Waals surface area contributed by atoms with Crippen LogP contribution in [0.15, 0.2) is 42.6 Å². The molecule has 1 aromatic heterocycles. The minimum Gasteiger partial charge on any atom is -0.352 e. The average Bonchev–Trinajstić information content (AvgIpc) is 2.59. The van der Waals surface area contributed by atoms with Gasteiger partial charge in [0.25, 0.3) is 5.91 Å². The van der Waals surface area contributed by atoms with Crippen molar-refractivity contribution in [3.05, 3.63) is 53.7 Å². The minimum atomic E-state index is -0.0460. The Morgan fingerprint density at radius 3 is 2.74 bits per heavy atom. The van der Waals surface area contributed by atoms with Crippen LogP contribution in [0.1, 0.15) is 49.0 Å². The summed E-state index contributed by atoms with van der Waals surface area (Å²) in [6.07, 6.45) is 5.91. The molecule has 0 unspecified atom stereocenters. The Morgan fingerprint density at radius 1 is 1.13 bits per heavy atom. The molecule has 0 saturated heterocycles. The van der Waals surface area contributed by atoms with Crippen LogP contribution in [0.3, 0.4) is 0 Å². The summed E-state index contributed by atoms with van der Waals surface area (Å²) in [5.74, 6) is 0.641. The van der Waals surface area contributed by atoms with E-state index in [0.717, 1.165) is 37.9 Å². The number of hydrogen-bond acceptors (Lipinski definition) is 3. The number of aryl methyl sites for hydroxylation is 1. The lowest BCUT2D eigenvalue weighted by atomic mass is 10.1. The van der Waals surface area contributed by atoms with Gasteiger partial charge >= 0.3 is 0 Å². The lowest BCUT2D eigenvalue weighted by Crippen LogP contribution is -2.24. The molecule has 0 bridgehead atoms. The predicted molar refractivity (Wildman–Crippen MR) is 95.2 cm³/mol. The number of benzene rings is 1. The maximum Gasteiger partial charge on any atom is 0.251 e. The van der Waals surface area contributed by atoms with E-state index in [-0.39, 0.29) is 5.91 Å². The largest absolute Gasteiger partial charge is 0.352 e. The minimum absolute atomic E-state index is 0.0460. The van der Waals surface area contributed by atoms with Crippen LogP contribution in [0.5, 0.6) is 0 Å². The van der Waals surface area contributed by atoms with Crippen molar-refractivity contribution in [2.24, 2.45) is 0 Å². The van der Waals surface area contributed by atoms with Gasteiger partial charge in [-0.2, -0.15) is 0 Å². The second-order valence-electron chi connectivity index (χ2n) is 5.53. The van der Waals surface area contributed by atoms with Crippen molar-refractivity contribution in [2.75, 3.05) is 11.9 Å². The van der Waals surface area contributed by atoms with E-state index in [1.54, 1.807) is 18.3 Å². The summed E-state index contributed by atoms with van der Waals surface area (Å²) in [5.41, 5.74) is 2.89. The number of amides is 1. The topological polar surface area (TPSA) is 54.0 Å². The first-order chi connectivity index (χ1) is 11.2. The lowest BCUT2D eigenvalue weighted by molar-refractivity contribution is 0.0953. The molecule has 0 spiro atoms. The molecule has 0 aliphatic rings. The Labute approximate surface area is 138 Å². The molecule has 4 nitrogen and oxygen atoms in total. The molecule has 2 rings (SSSR count). The summed E-state index contributed by atoms with van der Waals surface area (Å²) in [7, 11) is 0. The number of aromatic nitrogens is 1. The molecule has 1 amide bonds. The summed E-state index contributed by atoms with van der Waals surface area (Å²) >= 11 is 0. The van der Waals surface area contributed by atoms with Crippen LogP contribution in [0.4, 0.5) is 11.5 Å². The van der Waals surface area contributed by atoms with E-state index in [0.29, 0.717) is 11.4 Å². The van der Waals surface area contributed by atoms with E-state index in [1.165, 1.54) is 5.56 Å². The number of para-hydroxylation sites is 1. The van der Waals surface area contributed by atoms with E-state index in [1.807, 2.05) is 18.2 Å². The van der Waals surface area contributed by atoms with Gasteiger partial charge < -0.3 is 10.6 Å². The van der Waals surface area contributed by atoms with Crippen LogP contribution in [-0.2, 0) is 6.42 Å². The molecule has 0 radical (unpaired) electrons. The Morgan fingerprint density at radius 2 is 1.96 bits per heavy atom. The first-order valence-corrected chi connectivity index (χ1v) is 8.33. The van der Waals surface area contributed by atoms with Gasteiger partial charge in [-0.1, -0.05) is 44.9 Å². The van der Waals surface area contributed by atoms with Gasteiger partial charge in [-0.3, -0.25) is 4.79 Å². The van der Waals surface area contributed by atoms with Gasteiger partial charge in [0, 0.05) is 24.0 Å². The lowest BCUT2D eigenvalue weighted by Gasteiger charge is -2.11. The van der Waals surface area contributed by atoms with E-state index >= 15 is 0 Å². The highest BCUT2D eigenvalue weighted by molar-refractivity contribution is 5.94. The van der Waals surface area contributed by atoms with Gasteiger partial charge in [-0.25, -0.2) is 4.98 Å². The number of anilines is 2. The van der Waals surface area contributed by atoms with Gasteiger partial charge in [0.05, 0.1) is 0 Å². The van der Waals surface area contributed by atoms with Gasteiger partial charge in [-0.05, 0) is 36.6 Å². The summed E-state index contributed by atoms with van der Waals surface area (Å²) in [6, 6.07) is 11.7. The summed E-state index contributed by atoms with van der Waals surface area (Å²) < 4.78 is 0. The zero-order valence-electron chi connectivity index (χ0n) is 13.9. The number of rotatable bonds is 8. The molecular formula is C19H25N3O. The number of nitrogens with zero attached hydrogens (tertiary/aromatic N) is 1. The molecule has 2 N–H and O–H groups in total. The highest BCUT2D eigenvalue weighted by atomic mass is 16.1. The first-order valence-electron chi connectivity index (χ1n) is 8.33. The van der Waals surface area contributed by atoms with Crippen molar-refractivity contribution in [3.63, 3.8) is 0 Å². The molecule has 4 heteroatoms. The number of nitrogens with one attached hydrogen (secondary N) is 2. The van der Waals surface area contributed by atoms with Crippen molar-refractivity contribution in [1.29, 1.82) is 0 Å².